The van der Waals surface area contributed by atoms with Crippen LogP contribution in [-0.4, -0.2) is 65.3 Å². The summed E-state index contributed by atoms with van der Waals surface area (Å²) < 4.78 is 4.93. The van der Waals surface area contributed by atoms with E-state index in [2.05, 4.69) is 16.0 Å². The lowest BCUT2D eigenvalue weighted by atomic mass is 9.89. The minimum atomic E-state index is -1.09. The number of hydrogen-bond acceptors (Lipinski definition) is 7. The molecule has 1 rings (SSSR count). The number of nitrogens with one attached hydrogen (secondary N) is 3. The Hall–Kier alpha value is -2.98. The fraction of sp³-hybridized carbons (Fsp3) is 0.565. The highest BCUT2D eigenvalue weighted by atomic mass is 16.5. The van der Waals surface area contributed by atoms with Gasteiger partial charge >= 0.3 is 5.97 Å². The first kappa shape index (κ1) is 28.1. The van der Waals surface area contributed by atoms with Gasteiger partial charge in [0.2, 0.25) is 0 Å². The van der Waals surface area contributed by atoms with E-state index in [1.165, 1.54) is 13.8 Å². The third-order valence-corrected chi connectivity index (χ3v) is 5.43. The molecule has 0 aliphatic carbocycles. The number of esters is 1. The summed E-state index contributed by atoms with van der Waals surface area (Å²) in [5, 5.41) is 26.8. The van der Waals surface area contributed by atoms with Gasteiger partial charge in [-0.2, -0.15) is 0 Å². The van der Waals surface area contributed by atoms with E-state index in [1.807, 2.05) is 13.8 Å². The average molecular weight is 466 g/mol. The van der Waals surface area contributed by atoms with Gasteiger partial charge in [0.05, 0.1) is 19.3 Å². The van der Waals surface area contributed by atoms with Crippen molar-refractivity contribution in [2.45, 2.75) is 73.1 Å². The van der Waals surface area contributed by atoms with Crippen molar-refractivity contribution in [3.63, 3.8) is 0 Å². The molecule has 0 spiro atoms. The summed E-state index contributed by atoms with van der Waals surface area (Å²) in [5.41, 5.74) is 1.84. The van der Waals surface area contributed by atoms with Crippen LogP contribution in [-0.2, 0) is 14.3 Å². The summed E-state index contributed by atoms with van der Waals surface area (Å²) >= 11 is 0. The van der Waals surface area contributed by atoms with E-state index in [-0.39, 0.29) is 22.9 Å². The standard InChI is InChI=1S/C23H35N3O7/c1-8-11(2)24-22(31)18-12(3)19(23(32)25-17(9-27)10-28)14(5)20(13(18)4)26-21(30)15(6)33-16(7)29/h11,15,17,27-28H,8-10H2,1-7H3,(H,24,31)(H,25,32)(H,26,30). The van der Waals surface area contributed by atoms with Gasteiger partial charge in [-0.1, -0.05) is 6.92 Å². The lowest BCUT2D eigenvalue weighted by molar-refractivity contribution is -0.150. The zero-order chi connectivity index (χ0) is 25.5. The van der Waals surface area contributed by atoms with Gasteiger partial charge < -0.3 is 30.9 Å². The normalized spacial score (nSPS) is 12.7. The summed E-state index contributed by atoms with van der Waals surface area (Å²) in [7, 11) is 0. The molecule has 184 valence electrons. The smallest absolute Gasteiger partial charge is 0.303 e. The first-order valence-electron chi connectivity index (χ1n) is 10.8. The topological polar surface area (TPSA) is 154 Å². The highest BCUT2D eigenvalue weighted by Gasteiger charge is 2.28. The average Bonchev–Trinajstić information content (AvgIpc) is 2.73. The van der Waals surface area contributed by atoms with Crippen LogP contribution in [0.2, 0.25) is 0 Å². The molecule has 1 aromatic carbocycles. The third-order valence-electron chi connectivity index (χ3n) is 5.43. The molecular weight excluding hydrogens is 430 g/mol. The predicted octanol–water partition coefficient (Wildman–Crippen LogP) is 1.11. The summed E-state index contributed by atoms with van der Waals surface area (Å²) in [5.74, 6) is -2.26. The van der Waals surface area contributed by atoms with Crippen LogP contribution in [0.15, 0.2) is 0 Å². The lowest BCUT2D eigenvalue weighted by Gasteiger charge is -2.24. The number of carbonyl (C=O) groups is 4. The maximum Gasteiger partial charge on any atom is 0.303 e. The quantitative estimate of drug-likeness (QED) is 0.324. The number of benzene rings is 1. The molecule has 2 atom stereocenters. The molecule has 0 aliphatic rings. The fourth-order valence-corrected chi connectivity index (χ4v) is 3.42. The molecule has 0 aromatic heterocycles. The van der Waals surface area contributed by atoms with Crippen molar-refractivity contribution in [3.8, 4) is 0 Å². The van der Waals surface area contributed by atoms with Gasteiger partial charge in [-0.15, -0.1) is 0 Å². The number of amides is 3. The third kappa shape index (κ3) is 7.00. The highest BCUT2D eigenvalue weighted by molar-refractivity contribution is 6.08. The van der Waals surface area contributed by atoms with Crippen molar-refractivity contribution in [2.75, 3.05) is 18.5 Å². The molecule has 0 radical (unpaired) electrons. The van der Waals surface area contributed by atoms with Gasteiger partial charge in [-0.05, 0) is 57.7 Å². The predicted molar refractivity (Wildman–Crippen MR) is 123 cm³/mol. The van der Waals surface area contributed by atoms with Crippen molar-refractivity contribution in [1.29, 1.82) is 0 Å². The molecule has 0 saturated carbocycles. The Balaban J connectivity index is 3.64. The second-order valence-corrected chi connectivity index (χ2v) is 8.06. The first-order valence-corrected chi connectivity index (χ1v) is 10.8. The minimum Gasteiger partial charge on any atom is -0.453 e. The summed E-state index contributed by atoms with van der Waals surface area (Å²) in [6.07, 6.45) is -0.397. The van der Waals surface area contributed by atoms with Gasteiger partial charge in [0, 0.05) is 29.8 Å². The highest BCUT2D eigenvalue weighted by Crippen LogP contribution is 2.32. The monoisotopic (exact) mass is 465 g/mol. The molecule has 10 nitrogen and oxygen atoms in total. The van der Waals surface area contributed by atoms with E-state index in [4.69, 9.17) is 4.74 Å². The number of aliphatic hydroxyl groups excluding tert-OH is 2. The van der Waals surface area contributed by atoms with Crippen LogP contribution in [0.25, 0.3) is 0 Å². The van der Waals surface area contributed by atoms with E-state index in [0.29, 0.717) is 23.1 Å². The molecule has 0 heterocycles. The van der Waals surface area contributed by atoms with Gasteiger partial charge in [0.25, 0.3) is 17.7 Å². The van der Waals surface area contributed by atoms with Crippen molar-refractivity contribution < 1.29 is 34.1 Å². The van der Waals surface area contributed by atoms with Crippen molar-refractivity contribution in [2.24, 2.45) is 0 Å². The molecule has 0 fully saturated rings. The number of anilines is 1. The van der Waals surface area contributed by atoms with Gasteiger partial charge in [-0.25, -0.2) is 0 Å². The largest absolute Gasteiger partial charge is 0.453 e. The molecule has 5 N–H and O–H groups in total. The molecule has 0 aliphatic heterocycles. The molecule has 3 amide bonds. The molecule has 1 aromatic rings. The van der Waals surface area contributed by atoms with Crippen LogP contribution < -0.4 is 16.0 Å². The maximum atomic E-state index is 13.1. The van der Waals surface area contributed by atoms with E-state index in [0.717, 1.165) is 0 Å². The number of carbonyl (C=O) groups excluding carboxylic acids is 4. The van der Waals surface area contributed by atoms with E-state index < -0.39 is 49.1 Å². The Labute approximate surface area is 194 Å². The second-order valence-electron chi connectivity index (χ2n) is 8.06. The second kappa shape index (κ2) is 12.3. The fourth-order valence-electron chi connectivity index (χ4n) is 3.42. The van der Waals surface area contributed by atoms with E-state index in [9.17, 15) is 29.4 Å². The van der Waals surface area contributed by atoms with Crippen molar-refractivity contribution in [1.82, 2.24) is 10.6 Å². The van der Waals surface area contributed by atoms with E-state index in [1.54, 1.807) is 20.8 Å². The van der Waals surface area contributed by atoms with E-state index >= 15 is 0 Å². The van der Waals surface area contributed by atoms with Crippen LogP contribution in [0, 0.1) is 20.8 Å². The Bertz CT molecular complexity index is 910. The van der Waals surface area contributed by atoms with Crippen LogP contribution in [0.3, 0.4) is 0 Å². The minimum absolute atomic E-state index is 0.120. The van der Waals surface area contributed by atoms with Crippen molar-refractivity contribution >= 4 is 29.4 Å². The van der Waals surface area contributed by atoms with Gasteiger partial charge in [0.1, 0.15) is 0 Å². The Morgan fingerprint density at radius 1 is 0.879 bits per heavy atom. The summed E-state index contributed by atoms with van der Waals surface area (Å²) in [4.78, 5) is 50.0. The lowest BCUT2D eigenvalue weighted by Crippen LogP contribution is -2.41. The zero-order valence-electron chi connectivity index (χ0n) is 20.3. The molecular formula is C23H35N3O7. The Kier molecular flexibility index (Phi) is 10.5. The Morgan fingerprint density at radius 3 is 1.79 bits per heavy atom. The zero-order valence-corrected chi connectivity index (χ0v) is 20.3. The van der Waals surface area contributed by atoms with Crippen LogP contribution in [0.5, 0.6) is 0 Å². The SMILES string of the molecule is CCC(C)NC(=O)c1c(C)c(NC(=O)C(C)OC(C)=O)c(C)c(C(=O)NC(CO)CO)c1C. The van der Waals surface area contributed by atoms with Gasteiger partial charge in [0.15, 0.2) is 6.10 Å². The molecule has 2 unspecified atom stereocenters. The molecule has 33 heavy (non-hydrogen) atoms. The number of rotatable bonds is 10. The van der Waals surface area contributed by atoms with Crippen LogP contribution in [0.4, 0.5) is 5.69 Å². The number of aliphatic hydroxyl groups is 2. The molecule has 10 heteroatoms. The molecule has 0 bridgehead atoms. The Morgan fingerprint density at radius 2 is 1.36 bits per heavy atom. The van der Waals surface area contributed by atoms with Crippen molar-refractivity contribution in [3.05, 3.63) is 27.8 Å². The first-order chi connectivity index (χ1) is 15.4. The summed E-state index contributed by atoms with van der Waals surface area (Å²) in [6.45, 7) is 10.3. The molecule has 0 saturated heterocycles. The van der Waals surface area contributed by atoms with Crippen LogP contribution >= 0.6 is 0 Å². The van der Waals surface area contributed by atoms with Crippen LogP contribution in [0.1, 0.15) is 71.5 Å². The van der Waals surface area contributed by atoms with Gasteiger partial charge in [-0.3, -0.25) is 19.2 Å². The number of ether oxygens (including phenoxy) is 1. The number of hydrogen-bond donors (Lipinski definition) is 5. The maximum absolute atomic E-state index is 13.1. The summed E-state index contributed by atoms with van der Waals surface area (Å²) in [6, 6.07) is -1.01.